The maximum atomic E-state index is 10.2. The first-order chi connectivity index (χ1) is 5.42. The van der Waals surface area contributed by atoms with Crippen LogP contribution in [0.4, 0.5) is 0 Å². The molecule has 0 saturated carbocycles. The van der Waals surface area contributed by atoms with Gasteiger partial charge in [0.25, 0.3) is 0 Å². The van der Waals surface area contributed by atoms with E-state index >= 15 is 0 Å². The van der Waals surface area contributed by atoms with Gasteiger partial charge in [-0.25, -0.2) is 0 Å². The second-order valence-corrected chi connectivity index (χ2v) is 4.52. The summed E-state index contributed by atoms with van der Waals surface area (Å²) in [6, 6.07) is 0. The van der Waals surface area contributed by atoms with Crippen molar-refractivity contribution in [1.82, 2.24) is 0 Å². The molecule has 1 radical (unpaired) electrons. The molecule has 0 unspecified atom stereocenters. The van der Waals surface area contributed by atoms with Crippen molar-refractivity contribution in [3.63, 3.8) is 0 Å². The van der Waals surface area contributed by atoms with E-state index in [4.69, 9.17) is 5.11 Å². The minimum Gasteiger partial charge on any atom is -0.481 e. The van der Waals surface area contributed by atoms with Gasteiger partial charge in [0.1, 0.15) is 0 Å². The van der Waals surface area contributed by atoms with Crippen LogP contribution < -0.4 is 0 Å². The van der Waals surface area contributed by atoms with Gasteiger partial charge in [-0.05, 0) is 18.3 Å². The fourth-order valence-electron chi connectivity index (χ4n) is 1.11. The summed E-state index contributed by atoms with van der Waals surface area (Å²) in [7, 11) is 0. The molecule has 0 aromatic heterocycles. The molecular formula is C10H20LaO2. The minimum atomic E-state index is -0.675. The number of rotatable bonds is 5. The van der Waals surface area contributed by atoms with Gasteiger partial charge in [0.2, 0.25) is 0 Å². The van der Waals surface area contributed by atoms with Crippen molar-refractivity contribution >= 4 is 5.97 Å². The molecule has 3 heteroatoms. The molecule has 0 aromatic rings. The number of carbonyl (C=O) groups is 1. The average molecular weight is 311 g/mol. The van der Waals surface area contributed by atoms with Crippen molar-refractivity contribution in [2.24, 2.45) is 5.41 Å². The summed E-state index contributed by atoms with van der Waals surface area (Å²) in [6.07, 6.45) is 4.53. The Bertz CT molecular complexity index is 138. The summed E-state index contributed by atoms with van der Waals surface area (Å²) in [6.45, 7) is 6.64. The van der Waals surface area contributed by atoms with E-state index in [9.17, 15) is 4.79 Å². The monoisotopic (exact) mass is 311 g/mol. The SMILES string of the molecule is CC(C)(C)CCCCCC(=O)O.[La]. The number of carboxylic acid groups (broad SMARTS) is 1. The molecule has 0 bridgehead atoms. The van der Waals surface area contributed by atoms with Crippen LogP contribution in [0.3, 0.4) is 0 Å². The van der Waals surface area contributed by atoms with E-state index in [1.807, 2.05) is 0 Å². The molecule has 0 aliphatic rings. The Morgan fingerprint density at radius 1 is 1.15 bits per heavy atom. The summed E-state index contributed by atoms with van der Waals surface area (Å²) in [5, 5.41) is 8.37. The summed E-state index contributed by atoms with van der Waals surface area (Å²) in [4.78, 5) is 10.2. The van der Waals surface area contributed by atoms with Crippen LogP contribution in [0, 0.1) is 41.0 Å². The van der Waals surface area contributed by atoms with Gasteiger partial charge < -0.3 is 5.11 Å². The molecular weight excluding hydrogens is 291 g/mol. The Labute approximate surface area is 109 Å². The number of unbranched alkanes of at least 4 members (excludes halogenated alkanes) is 2. The third-order valence-electron chi connectivity index (χ3n) is 1.82. The van der Waals surface area contributed by atoms with E-state index in [0.29, 0.717) is 11.8 Å². The minimum absolute atomic E-state index is 0. The van der Waals surface area contributed by atoms with Crippen molar-refractivity contribution in [1.29, 1.82) is 0 Å². The van der Waals surface area contributed by atoms with Crippen molar-refractivity contribution in [3.8, 4) is 0 Å². The maximum Gasteiger partial charge on any atom is 0.303 e. The third-order valence-corrected chi connectivity index (χ3v) is 1.82. The summed E-state index contributed by atoms with van der Waals surface area (Å²) in [5.41, 5.74) is 0.392. The molecule has 0 fully saturated rings. The van der Waals surface area contributed by atoms with Gasteiger partial charge in [0, 0.05) is 42.0 Å². The Morgan fingerprint density at radius 2 is 1.69 bits per heavy atom. The van der Waals surface area contributed by atoms with Crippen LogP contribution in [0.25, 0.3) is 0 Å². The van der Waals surface area contributed by atoms with Gasteiger partial charge in [-0.1, -0.05) is 33.6 Å². The molecule has 0 amide bonds. The molecule has 0 heterocycles. The maximum absolute atomic E-state index is 10.2. The number of hydrogen-bond acceptors (Lipinski definition) is 1. The summed E-state index contributed by atoms with van der Waals surface area (Å²) in [5.74, 6) is -0.675. The Balaban J connectivity index is 0. The van der Waals surface area contributed by atoms with Crippen molar-refractivity contribution in [2.45, 2.75) is 52.9 Å². The molecule has 0 aliphatic heterocycles. The fraction of sp³-hybridized carbons (Fsp3) is 0.900. The van der Waals surface area contributed by atoms with Crippen LogP contribution in [0.2, 0.25) is 0 Å². The van der Waals surface area contributed by atoms with E-state index in [0.717, 1.165) is 19.3 Å². The molecule has 2 nitrogen and oxygen atoms in total. The van der Waals surface area contributed by atoms with Gasteiger partial charge in [0.05, 0.1) is 0 Å². The topological polar surface area (TPSA) is 37.3 Å². The molecule has 1 N–H and O–H groups in total. The zero-order valence-electron chi connectivity index (χ0n) is 8.97. The van der Waals surface area contributed by atoms with Crippen molar-refractivity contribution in [3.05, 3.63) is 0 Å². The smallest absolute Gasteiger partial charge is 0.303 e. The Morgan fingerprint density at radius 3 is 2.08 bits per heavy atom. The first-order valence-electron chi connectivity index (χ1n) is 4.63. The molecule has 0 spiro atoms. The zero-order chi connectivity index (χ0) is 9.61. The number of hydrogen-bond donors (Lipinski definition) is 1. The van der Waals surface area contributed by atoms with E-state index in [-0.39, 0.29) is 35.6 Å². The second-order valence-electron chi connectivity index (χ2n) is 4.52. The van der Waals surface area contributed by atoms with E-state index in [2.05, 4.69) is 20.8 Å². The first-order valence-corrected chi connectivity index (χ1v) is 4.63. The predicted molar refractivity (Wildman–Crippen MR) is 50.2 cm³/mol. The average Bonchev–Trinajstić information content (AvgIpc) is 1.83. The standard InChI is InChI=1S/C10H20O2.La/c1-10(2,3)8-6-4-5-7-9(11)12;/h4-8H2,1-3H3,(H,11,12);. The quantitative estimate of drug-likeness (QED) is 0.792. The van der Waals surface area contributed by atoms with Gasteiger partial charge in [-0.15, -0.1) is 0 Å². The van der Waals surface area contributed by atoms with Crippen LogP contribution in [-0.2, 0) is 4.79 Å². The van der Waals surface area contributed by atoms with Gasteiger partial charge in [-0.3, -0.25) is 4.79 Å². The summed E-state index contributed by atoms with van der Waals surface area (Å²) < 4.78 is 0. The second kappa shape index (κ2) is 8.01. The first kappa shape index (κ1) is 16.1. The van der Waals surface area contributed by atoms with Crippen LogP contribution in [0.1, 0.15) is 52.9 Å². The molecule has 13 heavy (non-hydrogen) atoms. The Kier molecular flexibility index (Phi) is 9.93. The van der Waals surface area contributed by atoms with Crippen molar-refractivity contribution in [2.75, 3.05) is 0 Å². The van der Waals surface area contributed by atoms with Crippen molar-refractivity contribution < 1.29 is 45.5 Å². The van der Waals surface area contributed by atoms with Gasteiger partial charge >= 0.3 is 5.97 Å². The molecule has 0 saturated heterocycles. The molecule has 0 aliphatic carbocycles. The van der Waals surface area contributed by atoms with Gasteiger partial charge in [0.15, 0.2) is 0 Å². The zero-order valence-corrected chi connectivity index (χ0v) is 12.6. The van der Waals surface area contributed by atoms with Gasteiger partial charge in [-0.2, -0.15) is 0 Å². The molecule has 0 rings (SSSR count). The molecule has 75 valence electrons. The normalized spacial score (nSPS) is 10.7. The largest absolute Gasteiger partial charge is 0.481 e. The van der Waals surface area contributed by atoms with E-state index in [1.165, 1.54) is 6.42 Å². The van der Waals surface area contributed by atoms with E-state index in [1.54, 1.807) is 0 Å². The molecule has 0 aromatic carbocycles. The number of aliphatic carboxylic acids is 1. The fourth-order valence-corrected chi connectivity index (χ4v) is 1.11. The van der Waals surface area contributed by atoms with Crippen LogP contribution in [0.5, 0.6) is 0 Å². The predicted octanol–water partition coefficient (Wildman–Crippen LogP) is 3.07. The van der Waals surface area contributed by atoms with Crippen LogP contribution >= 0.6 is 0 Å². The molecule has 0 atom stereocenters. The van der Waals surface area contributed by atoms with E-state index < -0.39 is 5.97 Å². The third kappa shape index (κ3) is 15.4. The Hall–Kier alpha value is 0.665. The number of carboxylic acids is 1. The summed E-state index contributed by atoms with van der Waals surface area (Å²) >= 11 is 0. The van der Waals surface area contributed by atoms with Crippen LogP contribution in [-0.4, -0.2) is 11.1 Å². The van der Waals surface area contributed by atoms with Crippen LogP contribution in [0.15, 0.2) is 0 Å².